The maximum atomic E-state index is 9.95. The Morgan fingerprint density at radius 2 is 2.22 bits per heavy atom. The summed E-state index contributed by atoms with van der Waals surface area (Å²) in [6.45, 7) is 5.16. The number of rotatable bonds is 5. The first-order chi connectivity index (χ1) is 8.74. The van der Waals surface area contributed by atoms with Crippen LogP contribution in [0.2, 0.25) is 0 Å². The van der Waals surface area contributed by atoms with E-state index in [0.717, 1.165) is 26.2 Å². The Kier molecular flexibility index (Phi) is 4.74. The van der Waals surface area contributed by atoms with Crippen LogP contribution in [0, 0.1) is 0 Å². The minimum Gasteiger partial charge on any atom is -0.390 e. The van der Waals surface area contributed by atoms with Crippen LogP contribution in [0.5, 0.6) is 0 Å². The van der Waals surface area contributed by atoms with Crippen molar-refractivity contribution in [3.8, 4) is 0 Å². The van der Waals surface area contributed by atoms with E-state index in [0.29, 0.717) is 24.7 Å². The van der Waals surface area contributed by atoms with Crippen LogP contribution in [0.3, 0.4) is 0 Å². The molecule has 0 saturated carbocycles. The first-order valence-electron chi connectivity index (χ1n) is 6.31. The van der Waals surface area contributed by atoms with E-state index >= 15 is 0 Å². The summed E-state index contributed by atoms with van der Waals surface area (Å²) in [7, 11) is 0. The van der Waals surface area contributed by atoms with Crippen molar-refractivity contribution in [3.63, 3.8) is 0 Å². The molecule has 6 nitrogen and oxygen atoms in total. The maximum absolute atomic E-state index is 9.95. The van der Waals surface area contributed by atoms with Gasteiger partial charge in [0.15, 0.2) is 0 Å². The molecular formula is C12H21N5O. The molecule has 5 N–H and O–H groups in total. The number of β-amino-alcohol motifs (C(OH)–C–C–N with tert-alkyl or cyclic N) is 1. The van der Waals surface area contributed by atoms with Crippen LogP contribution in [-0.4, -0.2) is 60.4 Å². The zero-order valence-electron chi connectivity index (χ0n) is 10.5. The van der Waals surface area contributed by atoms with Gasteiger partial charge in [0.05, 0.1) is 6.10 Å². The highest BCUT2D eigenvalue weighted by atomic mass is 16.3. The van der Waals surface area contributed by atoms with Crippen LogP contribution in [0.15, 0.2) is 18.2 Å². The highest BCUT2D eigenvalue weighted by Gasteiger charge is 2.13. The van der Waals surface area contributed by atoms with Gasteiger partial charge in [-0.1, -0.05) is 6.07 Å². The summed E-state index contributed by atoms with van der Waals surface area (Å²) >= 11 is 0. The van der Waals surface area contributed by atoms with Crippen molar-refractivity contribution < 1.29 is 5.11 Å². The zero-order valence-corrected chi connectivity index (χ0v) is 10.5. The summed E-state index contributed by atoms with van der Waals surface area (Å²) in [6, 6.07) is 5.42. The number of nitrogens with one attached hydrogen (secondary N) is 2. The standard InChI is InChI=1S/C12H21N5O/c13-11-2-1-3-12(16-11)15-8-10(18)9-17-6-4-14-5-7-17/h1-3,10,14,18H,4-9H2,(H3,13,15,16). The van der Waals surface area contributed by atoms with E-state index in [1.165, 1.54) is 0 Å². The molecule has 2 heterocycles. The smallest absolute Gasteiger partial charge is 0.128 e. The lowest BCUT2D eigenvalue weighted by atomic mass is 10.3. The molecule has 0 amide bonds. The van der Waals surface area contributed by atoms with Gasteiger partial charge in [0, 0.05) is 39.3 Å². The van der Waals surface area contributed by atoms with Gasteiger partial charge in [0.1, 0.15) is 11.6 Å². The van der Waals surface area contributed by atoms with Crippen LogP contribution in [-0.2, 0) is 0 Å². The lowest BCUT2D eigenvalue weighted by Crippen LogP contribution is -2.47. The summed E-state index contributed by atoms with van der Waals surface area (Å²) in [5, 5.41) is 16.3. The number of aromatic nitrogens is 1. The Bertz CT molecular complexity index is 367. The second kappa shape index (κ2) is 6.53. The fourth-order valence-electron chi connectivity index (χ4n) is 2.03. The number of anilines is 2. The second-order valence-electron chi connectivity index (χ2n) is 4.53. The van der Waals surface area contributed by atoms with Crippen LogP contribution in [0.1, 0.15) is 0 Å². The molecule has 1 aromatic rings. The van der Waals surface area contributed by atoms with E-state index in [1.54, 1.807) is 6.07 Å². The van der Waals surface area contributed by atoms with Gasteiger partial charge in [-0.2, -0.15) is 0 Å². The normalized spacial score (nSPS) is 18.5. The van der Waals surface area contributed by atoms with Gasteiger partial charge in [-0.25, -0.2) is 4.98 Å². The fraction of sp³-hybridized carbons (Fsp3) is 0.583. The number of aliphatic hydroxyl groups excluding tert-OH is 1. The molecule has 100 valence electrons. The fourth-order valence-corrected chi connectivity index (χ4v) is 2.03. The molecule has 0 aliphatic carbocycles. The number of nitrogen functional groups attached to an aromatic ring is 1. The van der Waals surface area contributed by atoms with Crippen molar-refractivity contribution in [2.45, 2.75) is 6.10 Å². The highest BCUT2D eigenvalue weighted by Crippen LogP contribution is 2.06. The number of piperazine rings is 1. The summed E-state index contributed by atoms with van der Waals surface area (Å²) in [6.07, 6.45) is -0.397. The average molecular weight is 251 g/mol. The minimum atomic E-state index is -0.397. The molecule has 1 atom stereocenters. The molecule has 6 heteroatoms. The molecule has 0 radical (unpaired) electrons. The van der Waals surface area contributed by atoms with Gasteiger partial charge in [-0.3, -0.25) is 4.90 Å². The van der Waals surface area contributed by atoms with Gasteiger partial charge in [-0.15, -0.1) is 0 Å². The molecule has 18 heavy (non-hydrogen) atoms. The third-order valence-corrected chi connectivity index (χ3v) is 2.97. The molecule has 1 saturated heterocycles. The Balaban J connectivity index is 1.72. The molecule has 1 aromatic heterocycles. The lowest BCUT2D eigenvalue weighted by molar-refractivity contribution is 0.114. The monoisotopic (exact) mass is 251 g/mol. The second-order valence-corrected chi connectivity index (χ2v) is 4.53. The molecule has 1 aliphatic heterocycles. The Morgan fingerprint density at radius 1 is 1.44 bits per heavy atom. The van der Waals surface area contributed by atoms with Crippen molar-refractivity contribution in [2.24, 2.45) is 0 Å². The molecule has 0 spiro atoms. The third kappa shape index (κ3) is 4.14. The van der Waals surface area contributed by atoms with E-state index in [9.17, 15) is 5.11 Å². The van der Waals surface area contributed by atoms with E-state index in [1.807, 2.05) is 12.1 Å². The van der Waals surface area contributed by atoms with Gasteiger partial charge >= 0.3 is 0 Å². The summed E-state index contributed by atoms with van der Waals surface area (Å²) < 4.78 is 0. The Morgan fingerprint density at radius 3 is 2.94 bits per heavy atom. The van der Waals surface area contributed by atoms with Gasteiger partial charge in [0.2, 0.25) is 0 Å². The van der Waals surface area contributed by atoms with Crippen molar-refractivity contribution in [1.29, 1.82) is 0 Å². The van der Waals surface area contributed by atoms with Crippen LogP contribution < -0.4 is 16.4 Å². The first-order valence-corrected chi connectivity index (χ1v) is 6.31. The highest BCUT2D eigenvalue weighted by molar-refractivity contribution is 5.42. The van der Waals surface area contributed by atoms with Crippen LogP contribution >= 0.6 is 0 Å². The van der Waals surface area contributed by atoms with Crippen LogP contribution in [0.4, 0.5) is 11.6 Å². The number of aliphatic hydroxyl groups is 1. The average Bonchev–Trinajstić information content (AvgIpc) is 2.38. The van der Waals surface area contributed by atoms with E-state index in [4.69, 9.17) is 5.73 Å². The maximum Gasteiger partial charge on any atom is 0.128 e. The first kappa shape index (κ1) is 13.1. The molecule has 1 unspecified atom stereocenters. The van der Waals surface area contributed by atoms with Gasteiger partial charge in [-0.05, 0) is 12.1 Å². The summed E-state index contributed by atoms with van der Waals surface area (Å²) in [4.78, 5) is 6.38. The molecule has 2 rings (SSSR count). The number of nitrogens with two attached hydrogens (primary N) is 1. The van der Waals surface area contributed by atoms with Crippen LogP contribution in [0.25, 0.3) is 0 Å². The van der Waals surface area contributed by atoms with Crippen molar-refractivity contribution in [3.05, 3.63) is 18.2 Å². The van der Waals surface area contributed by atoms with Gasteiger partial charge < -0.3 is 21.5 Å². The van der Waals surface area contributed by atoms with Crippen molar-refractivity contribution in [1.82, 2.24) is 15.2 Å². The SMILES string of the molecule is Nc1cccc(NCC(O)CN2CCNCC2)n1. The zero-order chi connectivity index (χ0) is 12.8. The summed E-state index contributed by atoms with van der Waals surface area (Å²) in [5.41, 5.74) is 5.59. The van der Waals surface area contributed by atoms with Crippen molar-refractivity contribution >= 4 is 11.6 Å². The quantitative estimate of drug-likeness (QED) is 0.556. The molecule has 0 aromatic carbocycles. The molecule has 1 fully saturated rings. The molecule has 1 aliphatic rings. The molecule has 0 bridgehead atoms. The third-order valence-electron chi connectivity index (χ3n) is 2.97. The Hall–Kier alpha value is -1.37. The number of hydrogen-bond donors (Lipinski definition) is 4. The number of pyridine rings is 1. The van der Waals surface area contributed by atoms with E-state index in [-0.39, 0.29) is 0 Å². The predicted molar refractivity (Wildman–Crippen MR) is 72.5 cm³/mol. The largest absolute Gasteiger partial charge is 0.390 e. The lowest BCUT2D eigenvalue weighted by Gasteiger charge is -2.29. The minimum absolute atomic E-state index is 0.397. The van der Waals surface area contributed by atoms with Crippen molar-refractivity contribution in [2.75, 3.05) is 50.3 Å². The number of nitrogens with zero attached hydrogens (tertiary/aromatic N) is 2. The van der Waals surface area contributed by atoms with E-state index in [2.05, 4.69) is 20.5 Å². The summed E-state index contributed by atoms with van der Waals surface area (Å²) in [5.74, 6) is 1.19. The molecular weight excluding hydrogens is 230 g/mol. The Labute approximate surface area is 107 Å². The van der Waals surface area contributed by atoms with Gasteiger partial charge in [0.25, 0.3) is 0 Å². The van der Waals surface area contributed by atoms with E-state index < -0.39 is 6.10 Å². The predicted octanol–water partition coefficient (Wildman–Crippen LogP) is -0.658. The number of hydrogen-bond acceptors (Lipinski definition) is 6. The topological polar surface area (TPSA) is 86.4 Å².